The van der Waals surface area contributed by atoms with Gasteiger partial charge in [0, 0.05) is 11.4 Å². The number of benzene rings is 1. The summed E-state index contributed by atoms with van der Waals surface area (Å²) in [5.74, 6) is 0. The fourth-order valence-corrected chi connectivity index (χ4v) is 1.83. The lowest BCUT2D eigenvalue weighted by molar-refractivity contribution is 0.854. The third kappa shape index (κ3) is 1.89. The van der Waals surface area contributed by atoms with Gasteiger partial charge in [-0.15, -0.1) is 0 Å². The first-order valence-electron chi connectivity index (χ1n) is 5.22. The molecule has 0 aliphatic carbocycles. The van der Waals surface area contributed by atoms with Crippen molar-refractivity contribution in [2.24, 2.45) is 0 Å². The van der Waals surface area contributed by atoms with E-state index in [1.54, 1.807) is 4.57 Å². The SMILES string of the molecule is Cc1cccc(-n2c(C)cc(C)nc2=O)c1. The molecule has 0 fully saturated rings. The zero-order valence-corrected chi connectivity index (χ0v) is 9.69. The number of nitrogens with zero attached hydrogens (tertiary/aromatic N) is 2. The Hall–Kier alpha value is -1.90. The van der Waals surface area contributed by atoms with Gasteiger partial charge in [-0.2, -0.15) is 4.98 Å². The molecule has 3 nitrogen and oxygen atoms in total. The van der Waals surface area contributed by atoms with Gasteiger partial charge in [-0.05, 0) is 44.5 Å². The van der Waals surface area contributed by atoms with Gasteiger partial charge >= 0.3 is 5.69 Å². The summed E-state index contributed by atoms with van der Waals surface area (Å²) in [6.07, 6.45) is 0. The molecule has 82 valence electrons. The summed E-state index contributed by atoms with van der Waals surface area (Å²) in [5, 5.41) is 0. The Morgan fingerprint density at radius 1 is 1.12 bits per heavy atom. The third-order valence-corrected chi connectivity index (χ3v) is 2.49. The molecule has 0 unspecified atom stereocenters. The summed E-state index contributed by atoms with van der Waals surface area (Å²) >= 11 is 0. The summed E-state index contributed by atoms with van der Waals surface area (Å²) in [4.78, 5) is 15.8. The lowest BCUT2D eigenvalue weighted by Gasteiger charge is -2.10. The molecule has 16 heavy (non-hydrogen) atoms. The van der Waals surface area contributed by atoms with Crippen molar-refractivity contribution in [1.29, 1.82) is 0 Å². The summed E-state index contributed by atoms with van der Waals surface area (Å²) in [5.41, 5.74) is 3.44. The van der Waals surface area contributed by atoms with Gasteiger partial charge in [-0.1, -0.05) is 12.1 Å². The van der Waals surface area contributed by atoms with Crippen molar-refractivity contribution >= 4 is 0 Å². The van der Waals surface area contributed by atoms with E-state index >= 15 is 0 Å². The molecular formula is C13H14N2O. The molecule has 0 N–H and O–H groups in total. The van der Waals surface area contributed by atoms with Crippen molar-refractivity contribution in [2.45, 2.75) is 20.8 Å². The van der Waals surface area contributed by atoms with E-state index in [-0.39, 0.29) is 5.69 Å². The van der Waals surface area contributed by atoms with Crippen LogP contribution in [0.2, 0.25) is 0 Å². The topological polar surface area (TPSA) is 34.9 Å². The van der Waals surface area contributed by atoms with Crippen molar-refractivity contribution in [1.82, 2.24) is 9.55 Å². The predicted molar refractivity (Wildman–Crippen MR) is 64.0 cm³/mol. The molecule has 0 bridgehead atoms. The molecule has 0 spiro atoms. The molecule has 0 aliphatic rings. The van der Waals surface area contributed by atoms with E-state index in [4.69, 9.17) is 0 Å². The number of hydrogen-bond donors (Lipinski definition) is 0. The number of aryl methyl sites for hydroxylation is 3. The molecule has 0 radical (unpaired) electrons. The first-order chi connectivity index (χ1) is 7.58. The zero-order valence-electron chi connectivity index (χ0n) is 9.69. The highest BCUT2D eigenvalue weighted by Gasteiger charge is 2.04. The van der Waals surface area contributed by atoms with Gasteiger partial charge in [-0.25, -0.2) is 4.79 Å². The van der Waals surface area contributed by atoms with Crippen molar-refractivity contribution in [2.75, 3.05) is 0 Å². The van der Waals surface area contributed by atoms with Crippen LogP contribution >= 0.6 is 0 Å². The fourth-order valence-electron chi connectivity index (χ4n) is 1.83. The van der Waals surface area contributed by atoms with Gasteiger partial charge in [-0.3, -0.25) is 4.57 Å². The van der Waals surface area contributed by atoms with E-state index < -0.39 is 0 Å². The van der Waals surface area contributed by atoms with Crippen LogP contribution in [0.25, 0.3) is 5.69 Å². The maximum absolute atomic E-state index is 11.8. The standard InChI is InChI=1S/C13H14N2O/c1-9-5-4-6-12(7-9)15-11(3)8-10(2)14-13(15)16/h4-8H,1-3H3. The summed E-state index contributed by atoms with van der Waals surface area (Å²) in [6, 6.07) is 9.75. The van der Waals surface area contributed by atoms with Gasteiger partial charge in [0.25, 0.3) is 0 Å². The first-order valence-corrected chi connectivity index (χ1v) is 5.22. The van der Waals surface area contributed by atoms with E-state index in [1.165, 1.54) is 0 Å². The van der Waals surface area contributed by atoms with E-state index in [0.717, 1.165) is 22.6 Å². The van der Waals surface area contributed by atoms with Crippen LogP contribution in [0.1, 0.15) is 17.0 Å². The Morgan fingerprint density at radius 2 is 1.88 bits per heavy atom. The summed E-state index contributed by atoms with van der Waals surface area (Å²) in [6.45, 7) is 5.75. The predicted octanol–water partition coefficient (Wildman–Crippen LogP) is 2.16. The Labute approximate surface area is 94.4 Å². The fraction of sp³-hybridized carbons (Fsp3) is 0.231. The molecule has 1 aromatic carbocycles. The van der Waals surface area contributed by atoms with Crippen LogP contribution in [0, 0.1) is 20.8 Å². The number of rotatable bonds is 1. The second kappa shape index (κ2) is 3.93. The monoisotopic (exact) mass is 214 g/mol. The van der Waals surface area contributed by atoms with Gasteiger partial charge in [0.2, 0.25) is 0 Å². The van der Waals surface area contributed by atoms with E-state index in [2.05, 4.69) is 4.98 Å². The first kappa shape index (κ1) is 10.6. The molecule has 0 saturated carbocycles. The molecule has 0 atom stereocenters. The van der Waals surface area contributed by atoms with Gasteiger partial charge in [0.1, 0.15) is 0 Å². The Balaban J connectivity index is 2.70. The van der Waals surface area contributed by atoms with Crippen LogP contribution in [-0.4, -0.2) is 9.55 Å². The van der Waals surface area contributed by atoms with Crippen LogP contribution in [0.5, 0.6) is 0 Å². The summed E-state index contributed by atoms with van der Waals surface area (Å²) in [7, 11) is 0. The van der Waals surface area contributed by atoms with Crippen molar-refractivity contribution in [3.8, 4) is 5.69 Å². The minimum Gasteiger partial charge on any atom is -0.265 e. The Bertz CT molecular complexity index is 585. The lowest BCUT2D eigenvalue weighted by atomic mass is 10.2. The highest BCUT2D eigenvalue weighted by Crippen LogP contribution is 2.10. The van der Waals surface area contributed by atoms with Crippen molar-refractivity contribution in [3.05, 3.63) is 57.8 Å². The quantitative estimate of drug-likeness (QED) is 0.729. The molecule has 2 aromatic rings. The zero-order chi connectivity index (χ0) is 11.7. The van der Waals surface area contributed by atoms with Crippen LogP contribution < -0.4 is 5.69 Å². The second-order valence-electron chi connectivity index (χ2n) is 4.00. The van der Waals surface area contributed by atoms with E-state index in [1.807, 2.05) is 51.1 Å². The molecule has 1 aromatic heterocycles. The average molecular weight is 214 g/mol. The maximum atomic E-state index is 11.8. The molecule has 3 heteroatoms. The van der Waals surface area contributed by atoms with Crippen LogP contribution in [-0.2, 0) is 0 Å². The van der Waals surface area contributed by atoms with Gasteiger partial charge in [0.15, 0.2) is 0 Å². The molecule has 1 heterocycles. The van der Waals surface area contributed by atoms with Crippen LogP contribution in [0.15, 0.2) is 35.1 Å². The smallest absolute Gasteiger partial charge is 0.265 e. The Kier molecular flexibility index (Phi) is 2.60. The van der Waals surface area contributed by atoms with Crippen molar-refractivity contribution in [3.63, 3.8) is 0 Å². The van der Waals surface area contributed by atoms with Crippen LogP contribution in [0.4, 0.5) is 0 Å². The highest BCUT2D eigenvalue weighted by molar-refractivity contribution is 5.36. The maximum Gasteiger partial charge on any atom is 0.352 e. The minimum atomic E-state index is -0.219. The molecule has 0 amide bonds. The van der Waals surface area contributed by atoms with Crippen molar-refractivity contribution < 1.29 is 0 Å². The molecule has 0 aliphatic heterocycles. The van der Waals surface area contributed by atoms with Gasteiger partial charge in [0.05, 0.1) is 5.69 Å². The number of aromatic nitrogens is 2. The van der Waals surface area contributed by atoms with E-state index in [9.17, 15) is 4.79 Å². The highest BCUT2D eigenvalue weighted by atomic mass is 16.1. The summed E-state index contributed by atoms with van der Waals surface area (Å²) < 4.78 is 1.62. The minimum absolute atomic E-state index is 0.219. The number of hydrogen-bond acceptors (Lipinski definition) is 2. The normalized spacial score (nSPS) is 10.4. The largest absolute Gasteiger partial charge is 0.352 e. The molecule has 2 rings (SSSR count). The second-order valence-corrected chi connectivity index (χ2v) is 4.00. The average Bonchev–Trinajstić information content (AvgIpc) is 2.15. The van der Waals surface area contributed by atoms with Gasteiger partial charge < -0.3 is 0 Å². The van der Waals surface area contributed by atoms with E-state index in [0.29, 0.717) is 0 Å². The third-order valence-electron chi connectivity index (χ3n) is 2.49. The Morgan fingerprint density at radius 3 is 2.50 bits per heavy atom. The lowest BCUT2D eigenvalue weighted by Crippen LogP contribution is -2.24. The molecule has 0 saturated heterocycles. The molecular weight excluding hydrogens is 200 g/mol. The van der Waals surface area contributed by atoms with Crippen LogP contribution in [0.3, 0.4) is 0 Å².